The van der Waals surface area contributed by atoms with Crippen LogP contribution in [0.25, 0.3) is 0 Å². The fourth-order valence-electron chi connectivity index (χ4n) is 1.77. The Balaban J connectivity index is 2.23. The first kappa shape index (κ1) is 15.8. The molecule has 2 aromatic carbocycles. The molecule has 0 bridgehead atoms. The van der Waals surface area contributed by atoms with E-state index in [0.29, 0.717) is 32.0 Å². The standard InChI is InChI=1S/C15H11Cl2NO2S/c1-20-15-6-10(2-3-11(15)8-18)9-21(19)12-4-5-13(16)14(17)7-12/h2-7H,9H2,1H3. The van der Waals surface area contributed by atoms with Crippen LogP contribution in [-0.2, 0) is 16.6 Å². The summed E-state index contributed by atoms with van der Waals surface area (Å²) in [6.07, 6.45) is 0. The normalized spacial score (nSPS) is 11.7. The molecule has 3 nitrogen and oxygen atoms in total. The van der Waals surface area contributed by atoms with Gasteiger partial charge in [-0.05, 0) is 35.9 Å². The Labute approximate surface area is 135 Å². The number of nitriles is 1. The smallest absolute Gasteiger partial charge is 0.136 e. The Kier molecular flexibility index (Phi) is 5.24. The highest BCUT2D eigenvalue weighted by atomic mass is 35.5. The lowest BCUT2D eigenvalue weighted by Gasteiger charge is -2.07. The Hall–Kier alpha value is -1.54. The Morgan fingerprint density at radius 3 is 2.57 bits per heavy atom. The molecule has 0 radical (unpaired) electrons. The van der Waals surface area contributed by atoms with Gasteiger partial charge >= 0.3 is 0 Å². The van der Waals surface area contributed by atoms with E-state index in [-0.39, 0.29) is 0 Å². The number of rotatable bonds is 4. The molecule has 1 atom stereocenters. The van der Waals surface area contributed by atoms with Gasteiger partial charge < -0.3 is 4.74 Å². The van der Waals surface area contributed by atoms with Crippen LogP contribution >= 0.6 is 23.2 Å². The fourth-order valence-corrected chi connectivity index (χ4v) is 3.25. The summed E-state index contributed by atoms with van der Waals surface area (Å²) in [4.78, 5) is 0.604. The summed E-state index contributed by atoms with van der Waals surface area (Å²) in [6.45, 7) is 0. The van der Waals surface area contributed by atoms with E-state index in [1.54, 1.807) is 36.4 Å². The molecule has 0 aliphatic rings. The lowest BCUT2D eigenvalue weighted by atomic mass is 10.1. The van der Waals surface area contributed by atoms with Crippen LogP contribution in [0.1, 0.15) is 11.1 Å². The average molecular weight is 340 g/mol. The van der Waals surface area contributed by atoms with Crippen molar-refractivity contribution in [1.29, 1.82) is 5.26 Å². The lowest BCUT2D eigenvalue weighted by molar-refractivity contribution is 0.413. The molecule has 0 spiro atoms. The summed E-state index contributed by atoms with van der Waals surface area (Å²) in [7, 11) is 0.243. The van der Waals surface area contributed by atoms with E-state index < -0.39 is 10.8 Å². The van der Waals surface area contributed by atoms with Crippen molar-refractivity contribution in [1.82, 2.24) is 0 Å². The Morgan fingerprint density at radius 1 is 1.19 bits per heavy atom. The zero-order valence-electron chi connectivity index (χ0n) is 11.1. The van der Waals surface area contributed by atoms with Gasteiger partial charge in [0, 0.05) is 4.90 Å². The molecule has 1 unspecified atom stereocenters. The van der Waals surface area contributed by atoms with Gasteiger partial charge in [0.05, 0.1) is 39.3 Å². The molecule has 0 N–H and O–H groups in total. The Bertz CT molecular complexity index is 741. The molecule has 0 amide bonds. The maximum Gasteiger partial charge on any atom is 0.136 e. The minimum atomic E-state index is -1.25. The van der Waals surface area contributed by atoms with Crippen LogP contribution in [0.4, 0.5) is 0 Å². The molecule has 0 saturated carbocycles. The highest BCUT2D eigenvalue weighted by Gasteiger charge is 2.10. The lowest BCUT2D eigenvalue weighted by Crippen LogP contribution is -1.98. The van der Waals surface area contributed by atoms with Crippen LogP contribution in [0.2, 0.25) is 10.0 Å². The van der Waals surface area contributed by atoms with Crippen molar-refractivity contribution in [3.8, 4) is 11.8 Å². The molecule has 0 aliphatic carbocycles. The zero-order chi connectivity index (χ0) is 15.4. The van der Waals surface area contributed by atoms with Gasteiger partial charge in [0.25, 0.3) is 0 Å². The van der Waals surface area contributed by atoms with E-state index in [4.69, 9.17) is 33.2 Å². The van der Waals surface area contributed by atoms with Crippen molar-refractivity contribution in [2.75, 3.05) is 7.11 Å². The number of ether oxygens (including phenoxy) is 1. The summed E-state index contributed by atoms with van der Waals surface area (Å²) in [5.41, 5.74) is 1.26. The first-order valence-corrected chi connectivity index (χ1v) is 8.03. The number of hydrogen-bond acceptors (Lipinski definition) is 3. The van der Waals surface area contributed by atoms with Crippen molar-refractivity contribution in [3.05, 3.63) is 57.6 Å². The first-order chi connectivity index (χ1) is 10.0. The second kappa shape index (κ2) is 6.95. The summed E-state index contributed by atoms with van der Waals surface area (Å²) in [6, 6.07) is 12.1. The summed E-state index contributed by atoms with van der Waals surface area (Å²) in [5.74, 6) is 0.779. The van der Waals surface area contributed by atoms with Crippen molar-refractivity contribution in [2.45, 2.75) is 10.6 Å². The molecule has 0 fully saturated rings. The summed E-state index contributed by atoms with van der Waals surface area (Å²) >= 11 is 11.8. The van der Waals surface area contributed by atoms with Crippen molar-refractivity contribution >= 4 is 34.0 Å². The van der Waals surface area contributed by atoms with Gasteiger partial charge in [-0.15, -0.1) is 0 Å². The third-order valence-electron chi connectivity index (χ3n) is 2.84. The summed E-state index contributed by atoms with van der Waals surface area (Å²) in [5, 5.41) is 9.74. The zero-order valence-corrected chi connectivity index (χ0v) is 13.4. The largest absolute Gasteiger partial charge is 0.495 e. The molecular formula is C15H11Cl2NO2S. The predicted octanol–water partition coefficient (Wildman–Crippen LogP) is 4.18. The van der Waals surface area contributed by atoms with Gasteiger partial charge in [-0.3, -0.25) is 4.21 Å². The van der Waals surface area contributed by atoms with E-state index in [2.05, 4.69) is 0 Å². The van der Waals surface area contributed by atoms with E-state index in [9.17, 15) is 4.21 Å². The molecular weight excluding hydrogens is 329 g/mol. The molecule has 2 rings (SSSR count). The first-order valence-electron chi connectivity index (χ1n) is 5.95. The average Bonchev–Trinajstić information content (AvgIpc) is 2.49. The highest BCUT2D eigenvalue weighted by molar-refractivity contribution is 7.84. The second-order valence-electron chi connectivity index (χ2n) is 4.21. The molecule has 0 aromatic heterocycles. The maximum absolute atomic E-state index is 12.3. The van der Waals surface area contributed by atoms with Crippen molar-refractivity contribution < 1.29 is 8.95 Å². The minimum Gasteiger partial charge on any atom is -0.495 e. The van der Waals surface area contributed by atoms with Gasteiger partial charge in [-0.25, -0.2) is 0 Å². The number of methoxy groups -OCH3 is 1. The van der Waals surface area contributed by atoms with Gasteiger partial charge in [0.15, 0.2) is 0 Å². The van der Waals surface area contributed by atoms with Gasteiger partial charge in [0.1, 0.15) is 11.8 Å². The second-order valence-corrected chi connectivity index (χ2v) is 6.48. The van der Waals surface area contributed by atoms with E-state index in [1.165, 1.54) is 7.11 Å². The Morgan fingerprint density at radius 2 is 1.95 bits per heavy atom. The van der Waals surface area contributed by atoms with E-state index in [1.807, 2.05) is 6.07 Å². The molecule has 6 heteroatoms. The van der Waals surface area contributed by atoms with Crippen LogP contribution in [0.5, 0.6) is 5.75 Å². The van der Waals surface area contributed by atoms with Gasteiger partial charge in [-0.2, -0.15) is 5.26 Å². The van der Waals surface area contributed by atoms with E-state index in [0.717, 1.165) is 5.56 Å². The van der Waals surface area contributed by atoms with Gasteiger partial charge in [-0.1, -0.05) is 29.3 Å². The van der Waals surface area contributed by atoms with Crippen LogP contribution in [-0.4, -0.2) is 11.3 Å². The van der Waals surface area contributed by atoms with E-state index >= 15 is 0 Å². The van der Waals surface area contributed by atoms with Crippen LogP contribution < -0.4 is 4.74 Å². The van der Waals surface area contributed by atoms with Crippen molar-refractivity contribution in [2.24, 2.45) is 0 Å². The molecule has 0 aliphatic heterocycles. The van der Waals surface area contributed by atoms with Crippen LogP contribution in [0.3, 0.4) is 0 Å². The van der Waals surface area contributed by atoms with Crippen molar-refractivity contribution in [3.63, 3.8) is 0 Å². The molecule has 0 heterocycles. The van der Waals surface area contributed by atoms with Crippen LogP contribution in [0.15, 0.2) is 41.3 Å². The van der Waals surface area contributed by atoms with Gasteiger partial charge in [0.2, 0.25) is 0 Å². The number of hydrogen-bond donors (Lipinski definition) is 0. The maximum atomic E-state index is 12.3. The quantitative estimate of drug-likeness (QED) is 0.839. The summed E-state index contributed by atoms with van der Waals surface area (Å²) < 4.78 is 17.5. The third-order valence-corrected chi connectivity index (χ3v) is 4.95. The number of benzene rings is 2. The van der Waals surface area contributed by atoms with Crippen LogP contribution in [0, 0.1) is 11.3 Å². The molecule has 108 valence electrons. The number of halogens is 2. The molecule has 21 heavy (non-hydrogen) atoms. The SMILES string of the molecule is COc1cc(CS(=O)c2ccc(Cl)c(Cl)c2)ccc1C#N. The third kappa shape index (κ3) is 3.76. The minimum absolute atomic E-state index is 0.306. The molecule has 0 saturated heterocycles. The number of nitrogens with zero attached hydrogens (tertiary/aromatic N) is 1. The molecule has 2 aromatic rings. The topological polar surface area (TPSA) is 50.1 Å². The monoisotopic (exact) mass is 339 g/mol. The predicted molar refractivity (Wildman–Crippen MR) is 84.3 cm³/mol. The highest BCUT2D eigenvalue weighted by Crippen LogP contribution is 2.26. The fraction of sp³-hybridized carbons (Fsp3) is 0.133.